The summed E-state index contributed by atoms with van der Waals surface area (Å²) < 4.78 is 1.89. The van der Waals surface area contributed by atoms with Crippen molar-refractivity contribution in [1.82, 2.24) is 20.1 Å². The van der Waals surface area contributed by atoms with Gasteiger partial charge in [-0.2, -0.15) is 0 Å². The molecular formula is C16H21ClN4OS. The molecule has 1 amide bonds. The number of amides is 1. The molecule has 1 aromatic carbocycles. The summed E-state index contributed by atoms with van der Waals surface area (Å²) in [6, 6.07) is 7.69. The largest absolute Gasteiger partial charge is 0.353 e. The second-order valence-electron chi connectivity index (χ2n) is 5.24. The van der Waals surface area contributed by atoms with Gasteiger partial charge in [0, 0.05) is 23.7 Å². The Morgan fingerprint density at radius 1 is 1.26 bits per heavy atom. The van der Waals surface area contributed by atoms with Gasteiger partial charge in [0.1, 0.15) is 0 Å². The van der Waals surface area contributed by atoms with E-state index in [0.717, 1.165) is 29.4 Å². The van der Waals surface area contributed by atoms with Crippen molar-refractivity contribution in [3.63, 3.8) is 0 Å². The van der Waals surface area contributed by atoms with E-state index in [1.165, 1.54) is 11.8 Å². The minimum Gasteiger partial charge on any atom is -0.353 e. The summed E-state index contributed by atoms with van der Waals surface area (Å²) in [5.41, 5.74) is 0.942. The number of carbonyl (C=O) groups excluding carboxylic acids is 1. The van der Waals surface area contributed by atoms with Crippen molar-refractivity contribution in [2.75, 3.05) is 5.75 Å². The first kappa shape index (κ1) is 17.8. The predicted molar refractivity (Wildman–Crippen MR) is 94.7 cm³/mol. The molecule has 7 heteroatoms. The number of nitrogens with zero attached hydrogens (tertiary/aromatic N) is 3. The van der Waals surface area contributed by atoms with Gasteiger partial charge in [-0.3, -0.25) is 4.79 Å². The van der Waals surface area contributed by atoms with E-state index < -0.39 is 0 Å². The standard InChI is InChI=1S/C16H21ClN4OS/c1-4-13(5-2)18-14(22)10-23-16-20-19-15(21(16)3)11-6-8-12(17)9-7-11/h6-9,13H,4-5,10H2,1-3H3,(H,18,22). The van der Waals surface area contributed by atoms with E-state index in [0.29, 0.717) is 10.8 Å². The van der Waals surface area contributed by atoms with E-state index in [2.05, 4.69) is 29.4 Å². The van der Waals surface area contributed by atoms with Gasteiger partial charge in [0.15, 0.2) is 11.0 Å². The van der Waals surface area contributed by atoms with Gasteiger partial charge in [0.05, 0.1) is 5.75 Å². The first-order valence-electron chi connectivity index (χ1n) is 7.62. The van der Waals surface area contributed by atoms with Crippen LogP contribution < -0.4 is 5.32 Å². The molecule has 1 aromatic heterocycles. The van der Waals surface area contributed by atoms with Gasteiger partial charge in [-0.05, 0) is 37.1 Å². The van der Waals surface area contributed by atoms with E-state index in [1.807, 2.05) is 35.9 Å². The average molecular weight is 353 g/mol. The Morgan fingerprint density at radius 2 is 1.91 bits per heavy atom. The highest BCUT2D eigenvalue weighted by molar-refractivity contribution is 7.99. The molecule has 23 heavy (non-hydrogen) atoms. The quantitative estimate of drug-likeness (QED) is 0.774. The van der Waals surface area contributed by atoms with Crippen LogP contribution in [-0.2, 0) is 11.8 Å². The number of halogens is 1. The third-order valence-electron chi connectivity index (χ3n) is 3.62. The van der Waals surface area contributed by atoms with Crippen LogP contribution in [0.25, 0.3) is 11.4 Å². The molecule has 2 rings (SSSR count). The Bertz CT molecular complexity index is 653. The first-order valence-corrected chi connectivity index (χ1v) is 8.99. The fraction of sp³-hybridized carbons (Fsp3) is 0.438. The SMILES string of the molecule is CCC(CC)NC(=O)CSc1nnc(-c2ccc(Cl)cc2)n1C. The van der Waals surface area contributed by atoms with Gasteiger partial charge < -0.3 is 9.88 Å². The highest BCUT2D eigenvalue weighted by Gasteiger charge is 2.14. The van der Waals surface area contributed by atoms with Crippen LogP contribution in [-0.4, -0.2) is 32.5 Å². The summed E-state index contributed by atoms with van der Waals surface area (Å²) in [5.74, 6) is 1.12. The molecule has 0 spiro atoms. The number of hydrogen-bond donors (Lipinski definition) is 1. The maximum atomic E-state index is 12.0. The Morgan fingerprint density at radius 3 is 2.52 bits per heavy atom. The van der Waals surface area contributed by atoms with E-state index in [4.69, 9.17) is 11.6 Å². The molecule has 0 saturated heterocycles. The topological polar surface area (TPSA) is 59.8 Å². The number of carbonyl (C=O) groups is 1. The third-order valence-corrected chi connectivity index (χ3v) is 4.89. The molecule has 0 bridgehead atoms. The number of hydrogen-bond acceptors (Lipinski definition) is 4. The molecule has 0 radical (unpaired) electrons. The summed E-state index contributed by atoms with van der Waals surface area (Å²) >= 11 is 7.29. The van der Waals surface area contributed by atoms with Crippen LogP contribution in [0.15, 0.2) is 29.4 Å². The molecule has 0 fully saturated rings. The Balaban J connectivity index is 2.00. The molecule has 0 unspecified atom stereocenters. The number of nitrogens with one attached hydrogen (secondary N) is 1. The van der Waals surface area contributed by atoms with Crippen LogP contribution in [0.1, 0.15) is 26.7 Å². The molecule has 5 nitrogen and oxygen atoms in total. The van der Waals surface area contributed by atoms with Crippen molar-refractivity contribution in [1.29, 1.82) is 0 Å². The number of benzene rings is 1. The number of rotatable bonds is 7. The van der Waals surface area contributed by atoms with Gasteiger partial charge in [0.25, 0.3) is 0 Å². The molecule has 2 aromatic rings. The Hall–Kier alpha value is -1.53. The van der Waals surface area contributed by atoms with E-state index in [1.54, 1.807) is 0 Å². The van der Waals surface area contributed by atoms with E-state index >= 15 is 0 Å². The van der Waals surface area contributed by atoms with Crippen molar-refractivity contribution in [3.8, 4) is 11.4 Å². The van der Waals surface area contributed by atoms with E-state index in [-0.39, 0.29) is 11.9 Å². The maximum Gasteiger partial charge on any atom is 0.230 e. The highest BCUT2D eigenvalue weighted by Crippen LogP contribution is 2.23. The van der Waals surface area contributed by atoms with Crippen LogP contribution >= 0.6 is 23.4 Å². The number of thioether (sulfide) groups is 1. The van der Waals surface area contributed by atoms with Crippen molar-refractivity contribution >= 4 is 29.3 Å². The van der Waals surface area contributed by atoms with Gasteiger partial charge >= 0.3 is 0 Å². The predicted octanol–water partition coefficient (Wildman–Crippen LogP) is 3.53. The zero-order valence-corrected chi connectivity index (χ0v) is 15.1. The van der Waals surface area contributed by atoms with Crippen molar-refractivity contribution < 1.29 is 4.79 Å². The molecule has 1 heterocycles. The molecular weight excluding hydrogens is 332 g/mol. The van der Waals surface area contributed by atoms with Gasteiger partial charge in [0.2, 0.25) is 5.91 Å². The van der Waals surface area contributed by atoms with Crippen molar-refractivity contribution in [2.24, 2.45) is 7.05 Å². The van der Waals surface area contributed by atoms with Crippen LogP contribution in [0, 0.1) is 0 Å². The minimum atomic E-state index is 0.0275. The third kappa shape index (κ3) is 4.72. The molecule has 1 N–H and O–H groups in total. The Kier molecular flexibility index (Phi) is 6.47. The van der Waals surface area contributed by atoms with Gasteiger partial charge in [-0.25, -0.2) is 0 Å². The lowest BCUT2D eigenvalue weighted by molar-refractivity contribution is -0.119. The number of aromatic nitrogens is 3. The van der Waals surface area contributed by atoms with Crippen LogP contribution in [0.4, 0.5) is 0 Å². The summed E-state index contributed by atoms with van der Waals surface area (Å²) in [6.07, 6.45) is 1.88. The summed E-state index contributed by atoms with van der Waals surface area (Å²) in [6.45, 7) is 4.14. The van der Waals surface area contributed by atoms with Crippen molar-refractivity contribution in [2.45, 2.75) is 37.9 Å². The van der Waals surface area contributed by atoms with Gasteiger partial charge in [-0.15, -0.1) is 10.2 Å². The summed E-state index contributed by atoms with van der Waals surface area (Å²) in [7, 11) is 1.89. The lowest BCUT2D eigenvalue weighted by atomic mass is 10.2. The Labute approximate surface area is 145 Å². The summed E-state index contributed by atoms with van der Waals surface area (Å²) in [4.78, 5) is 12.0. The normalized spacial score (nSPS) is 11.0. The van der Waals surface area contributed by atoms with Gasteiger partial charge in [-0.1, -0.05) is 37.2 Å². The molecule has 0 aliphatic carbocycles. The van der Waals surface area contributed by atoms with Crippen LogP contribution in [0.2, 0.25) is 5.02 Å². The second kappa shape index (κ2) is 8.36. The lowest BCUT2D eigenvalue weighted by Crippen LogP contribution is -2.35. The fourth-order valence-corrected chi connectivity index (χ4v) is 3.03. The van der Waals surface area contributed by atoms with Crippen LogP contribution in [0.5, 0.6) is 0 Å². The first-order chi connectivity index (χ1) is 11.0. The molecule has 0 saturated carbocycles. The molecule has 0 atom stereocenters. The van der Waals surface area contributed by atoms with E-state index in [9.17, 15) is 4.79 Å². The lowest BCUT2D eigenvalue weighted by Gasteiger charge is -2.14. The van der Waals surface area contributed by atoms with Crippen molar-refractivity contribution in [3.05, 3.63) is 29.3 Å². The highest BCUT2D eigenvalue weighted by atomic mass is 35.5. The maximum absolute atomic E-state index is 12.0. The monoisotopic (exact) mass is 352 g/mol. The minimum absolute atomic E-state index is 0.0275. The fourth-order valence-electron chi connectivity index (χ4n) is 2.18. The second-order valence-corrected chi connectivity index (χ2v) is 6.62. The molecule has 0 aliphatic rings. The smallest absolute Gasteiger partial charge is 0.230 e. The zero-order valence-electron chi connectivity index (χ0n) is 13.5. The average Bonchev–Trinajstić information content (AvgIpc) is 2.92. The van der Waals surface area contributed by atoms with Crippen LogP contribution in [0.3, 0.4) is 0 Å². The zero-order chi connectivity index (χ0) is 16.8. The molecule has 0 aliphatic heterocycles. The summed E-state index contributed by atoms with van der Waals surface area (Å²) in [5, 5.41) is 12.8. The molecule has 124 valence electrons.